The first-order chi connectivity index (χ1) is 11.8. The van der Waals surface area contributed by atoms with Crippen molar-refractivity contribution in [1.82, 2.24) is 5.32 Å². The SMILES string of the molecule is CCCCCCCCCCCCCCCCCCCNC(=O)CC. The van der Waals surface area contributed by atoms with Crippen molar-refractivity contribution in [2.75, 3.05) is 6.54 Å². The number of carbonyl (C=O) groups is 1. The van der Waals surface area contributed by atoms with Crippen molar-refractivity contribution < 1.29 is 4.79 Å². The molecule has 144 valence electrons. The van der Waals surface area contributed by atoms with Crippen LogP contribution in [-0.4, -0.2) is 12.5 Å². The van der Waals surface area contributed by atoms with E-state index >= 15 is 0 Å². The number of hydrogen-bond acceptors (Lipinski definition) is 1. The Hall–Kier alpha value is -0.530. The average molecular weight is 340 g/mol. The normalized spacial score (nSPS) is 10.9. The van der Waals surface area contributed by atoms with Crippen LogP contribution in [0.15, 0.2) is 0 Å². The van der Waals surface area contributed by atoms with E-state index in [0.29, 0.717) is 6.42 Å². The highest BCUT2D eigenvalue weighted by Crippen LogP contribution is 2.13. The second-order valence-electron chi connectivity index (χ2n) is 7.36. The van der Waals surface area contributed by atoms with Gasteiger partial charge in [-0.15, -0.1) is 0 Å². The molecule has 0 fully saturated rings. The predicted octanol–water partition coefficient (Wildman–Crippen LogP) is 7.16. The van der Waals surface area contributed by atoms with E-state index in [1.165, 1.54) is 103 Å². The lowest BCUT2D eigenvalue weighted by atomic mass is 10.0. The van der Waals surface area contributed by atoms with Gasteiger partial charge in [0.2, 0.25) is 5.91 Å². The van der Waals surface area contributed by atoms with Gasteiger partial charge in [0.15, 0.2) is 0 Å². The number of amides is 1. The van der Waals surface area contributed by atoms with E-state index in [9.17, 15) is 4.79 Å². The van der Waals surface area contributed by atoms with E-state index in [1.54, 1.807) is 0 Å². The Labute approximate surface area is 152 Å². The molecule has 0 spiro atoms. The Morgan fingerprint density at radius 3 is 1.21 bits per heavy atom. The van der Waals surface area contributed by atoms with Crippen molar-refractivity contribution in [3.63, 3.8) is 0 Å². The second kappa shape index (κ2) is 20.5. The van der Waals surface area contributed by atoms with E-state index in [0.717, 1.165) is 13.0 Å². The van der Waals surface area contributed by atoms with Crippen molar-refractivity contribution in [2.45, 2.75) is 129 Å². The minimum absolute atomic E-state index is 0.187. The second-order valence-corrected chi connectivity index (χ2v) is 7.36. The molecule has 0 aromatic rings. The molecule has 0 saturated heterocycles. The molecule has 0 atom stereocenters. The van der Waals surface area contributed by atoms with E-state index in [4.69, 9.17) is 0 Å². The third-order valence-corrected chi connectivity index (χ3v) is 4.92. The first kappa shape index (κ1) is 23.5. The van der Waals surface area contributed by atoms with Crippen LogP contribution in [0.4, 0.5) is 0 Å². The van der Waals surface area contributed by atoms with Crippen LogP contribution in [0.2, 0.25) is 0 Å². The van der Waals surface area contributed by atoms with Gasteiger partial charge in [0.1, 0.15) is 0 Å². The van der Waals surface area contributed by atoms with Crippen LogP contribution in [0.25, 0.3) is 0 Å². The smallest absolute Gasteiger partial charge is 0.219 e. The molecule has 0 aliphatic carbocycles. The molecule has 0 bridgehead atoms. The monoisotopic (exact) mass is 339 g/mol. The molecule has 2 nitrogen and oxygen atoms in total. The summed E-state index contributed by atoms with van der Waals surface area (Å²) in [6, 6.07) is 0. The minimum Gasteiger partial charge on any atom is -0.356 e. The zero-order valence-electron chi connectivity index (χ0n) is 16.8. The van der Waals surface area contributed by atoms with Crippen LogP contribution < -0.4 is 5.32 Å². The zero-order valence-corrected chi connectivity index (χ0v) is 16.8. The fourth-order valence-electron chi connectivity index (χ4n) is 3.20. The quantitative estimate of drug-likeness (QED) is 0.248. The van der Waals surface area contributed by atoms with Gasteiger partial charge in [0.05, 0.1) is 0 Å². The van der Waals surface area contributed by atoms with Crippen LogP contribution in [0.1, 0.15) is 129 Å². The molecule has 0 radical (unpaired) electrons. The molecular weight excluding hydrogens is 294 g/mol. The lowest BCUT2D eigenvalue weighted by Gasteiger charge is -2.04. The maximum Gasteiger partial charge on any atom is 0.219 e. The van der Waals surface area contributed by atoms with Crippen LogP contribution in [0, 0.1) is 0 Å². The zero-order chi connectivity index (χ0) is 17.7. The fourth-order valence-corrected chi connectivity index (χ4v) is 3.20. The summed E-state index contributed by atoms with van der Waals surface area (Å²) in [5.41, 5.74) is 0. The number of rotatable bonds is 19. The fraction of sp³-hybridized carbons (Fsp3) is 0.955. The Bertz CT molecular complexity index is 252. The van der Waals surface area contributed by atoms with E-state index in [2.05, 4.69) is 12.2 Å². The molecule has 0 aromatic carbocycles. The summed E-state index contributed by atoms with van der Waals surface area (Å²) in [7, 11) is 0. The lowest BCUT2D eigenvalue weighted by molar-refractivity contribution is -0.120. The molecule has 0 saturated carbocycles. The van der Waals surface area contributed by atoms with Gasteiger partial charge in [-0.3, -0.25) is 4.79 Å². The van der Waals surface area contributed by atoms with Gasteiger partial charge in [-0.25, -0.2) is 0 Å². The summed E-state index contributed by atoms with van der Waals surface area (Å²) in [4.78, 5) is 11.1. The van der Waals surface area contributed by atoms with Gasteiger partial charge in [-0.05, 0) is 6.42 Å². The van der Waals surface area contributed by atoms with Crippen molar-refractivity contribution in [3.8, 4) is 0 Å². The van der Waals surface area contributed by atoms with Crippen molar-refractivity contribution in [1.29, 1.82) is 0 Å². The highest BCUT2D eigenvalue weighted by atomic mass is 16.1. The van der Waals surface area contributed by atoms with Gasteiger partial charge in [-0.2, -0.15) is 0 Å². The lowest BCUT2D eigenvalue weighted by Crippen LogP contribution is -2.23. The van der Waals surface area contributed by atoms with E-state index in [1.807, 2.05) is 6.92 Å². The molecular formula is C22H45NO. The molecule has 0 aromatic heterocycles. The van der Waals surface area contributed by atoms with E-state index in [-0.39, 0.29) is 5.91 Å². The van der Waals surface area contributed by atoms with Gasteiger partial charge in [-0.1, -0.05) is 117 Å². The molecule has 24 heavy (non-hydrogen) atoms. The number of unbranched alkanes of at least 4 members (excludes halogenated alkanes) is 16. The third kappa shape index (κ3) is 19.5. The standard InChI is InChI=1S/C22H45NO/c1-3-5-6-7-8-9-10-11-12-13-14-15-16-17-18-19-20-21-23-22(24)4-2/h3-21H2,1-2H3,(H,23,24). The number of nitrogens with one attached hydrogen (secondary N) is 1. The average Bonchev–Trinajstić information content (AvgIpc) is 2.60. The van der Waals surface area contributed by atoms with Crippen molar-refractivity contribution in [2.24, 2.45) is 0 Å². The topological polar surface area (TPSA) is 29.1 Å². The molecule has 0 rings (SSSR count). The molecule has 0 aliphatic heterocycles. The Balaban J connectivity index is 2.99. The molecule has 2 heteroatoms. The number of carbonyl (C=O) groups excluding carboxylic acids is 1. The minimum atomic E-state index is 0.187. The summed E-state index contributed by atoms with van der Waals surface area (Å²) in [6.45, 7) is 5.06. The highest BCUT2D eigenvalue weighted by Gasteiger charge is 1.96. The Morgan fingerprint density at radius 2 is 0.875 bits per heavy atom. The highest BCUT2D eigenvalue weighted by molar-refractivity contribution is 5.75. The van der Waals surface area contributed by atoms with Gasteiger partial charge < -0.3 is 5.32 Å². The molecule has 1 amide bonds. The Morgan fingerprint density at radius 1 is 0.542 bits per heavy atom. The first-order valence-electron chi connectivity index (χ1n) is 11.1. The largest absolute Gasteiger partial charge is 0.356 e. The van der Waals surface area contributed by atoms with Crippen LogP contribution in [-0.2, 0) is 4.79 Å². The third-order valence-electron chi connectivity index (χ3n) is 4.92. The van der Waals surface area contributed by atoms with Crippen LogP contribution in [0.3, 0.4) is 0 Å². The van der Waals surface area contributed by atoms with Crippen LogP contribution >= 0.6 is 0 Å². The summed E-state index contributed by atoms with van der Waals surface area (Å²) in [5.74, 6) is 0.187. The summed E-state index contributed by atoms with van der Waals surface area (Å²) >= 11 is 0. The maximum absolute atomic E-state index is 11.1. The summed E-state index contributed by atoms with van der Waals surface area (Å²) in [6.07, 6.45) is 24.4. The maximum atomic E-state index is 11.1. The van der Waals surface area contributed by atoms with Crippen molar-refractivity contribution in [3.05, 3.63) is 0 Å². The summed E-state index contributed by atoms with van der Waals surface area (Å²) < 4.78 is 0. The van der Waals surface area contributed by atoms with Gasteiger partial charge in [0, 0.05) is 13.0 Å². The summed E-state index contributed by atoms with van der Waals surface area (Å²) in [5, 5.41) is 2.95. The molecule has 0 aliphatic rings. The molecule has 0 heterocycles. The predicted molar refractivity (Wildman–Crippen MR) is 107 cm³/mol. The van der Waals surface area contributed by atoms with E-state index < -0.39 is 0 Å². The Kier molecular flexibility index (Phi) is 20.1. The van der Waals surface area contributed by atoms with Crippen molar-refractivity contribution >= 4 is 5.91 Å². The molecule has 1 N–H and O–H groups in total. The van der Waals surface area contributed by atoms with Crippen LogP contribution in [0.5, 0.6) is 0 Å². The van der Waals surface area contributed by atoms with Gasteiger partial charge >= 0.3 is 0 Å². The van der Waals surface area contributed by atoms with Gasteiger partial charge in [0.25, 0.3) is 0 Å². The number of hydrogen-bond donors (Lipinski definition) is 1. The first-order valence-corrected chi connectivity index (χ1v) is 11.1. The molecule has 0 unspecified atom stereocenters.